The van der Waals surface area contributed by atoms with Gasteiger partial charge in [-0.25, -0.2) is 5.43 Å². The van der Waals surface area contributed by atoms with Crippen molar-refractivity contribution in [2.45, 2.75) is 6.92 Å². The third-order valence-corrected chi connectivity index (χ3v) is 4.70. The Kier molecular flexibility index (Phi) is 8.61. The summed E-state index contributed by atoms with van der Waals surface area (Å²) in [4.78, 5) is 44.8. The molecule has 0 radical (unpaired) electrons. The first-order valence-corrected chi connectivity index (χ1v) is 10.7. The van der Waals surface area contributed by atoms with Crippen LogP contribution in [0.4, 0.5) is 17.1 Å². The van der Waals surface area contributed by atoms with Crippen LogP contribution >= 0.6 is 0 Å². The van der Waals surface area contributed by atoms with E-state index in [1.165, 1.54) is 48.7 Å². The van der Waals surface area contributed by atoms with Crippen molar-refractivity contribution in [2.75, 3.05) is 11.9 Å². The van der Waals surface area contributed by atoms with Crippen molar-refractivity contribution in [2.24, 2.45) is 5.10 Å². The van der Waals surface area contributed by atoms with Crippen LogP contribution in [-0.4, -0.2) is 34.5 Å². The minimum absolute atomic E-state index is 0.0896. The fraction of sp³-hybridized carbons (Fsp3) is 0.0833. The highest BCUT2D eigenvalue weighted by Gasteiger charge is 2.22. The number of amides is 2. The second-order valence-electron chi connectivity index (χ2n) is 7.25. The third-order valence-electron chi connectivity index (χ3n) is 4.70. The Bertz CT molecular complexity index is 1460. The van der Waals surface area contributed by atoms with Gasteiger partial charge in [0, 0.05) is 11.8 Å². The molecule has 0 spiro atoms. The lowest BCUT2D eigenvalue weighted by molar-refractivity contribution is -0.394. The van der Waals surface area contributed by atoms with Gasteiger partial charge in [-0.05, 0) is 61.0 Å². The predicted molar refractivity (Wildman–Crippen MR) is 133 cm³/mol. The van der Waals surface area contributed by atoms with Crippen LogP contribution in [0.2, 0.25) is 0 Å². The molecule has 38 heavy (non-hydrogen) atoms. The van der Waals surface area contributed by atoms with Gasteiger partial charge in [0.2, 0.25) is 5.75 Å². The van der Waals surface area contributed by atoms with E-state index < -0.39 is 33.0 Å². The van der Waals surface area contributed by atoms with Gasteiger partial charge in [-0.3, -0.25) is 29.8 Å². The number of benzene rings is 3. The molecule has 0 unspecified atom stereocenters. The van der Waals surface area contributed by atoms with Gasteiger partial charge in [-0.1, -0.05) is 0 Å². The van der Waals surface area contributed by atoms with E-state index in [2.05, 4.69) is 15.8 Å². The number of hydrogen-bond acceptors (Lipinski definition) is 10. The lowest BCUT2D eigenvalue weighted by Gasteiger charge is -2.12. The van der Waals surface area contributed by atoms with Crippen molar-refractivity contribution in [3.63, 3.8) is 0 Å². The van der Waals surface area contributed by atoms with E-state index in [4.69, 9.17) is 14.7 Å². The van der Waals surface area contributed by atoms with Crippen LogP contribution in [-0.2, 0) is 9.59 Å². The number of carbonyl (C=O) groups excluding carboxylic acids is 2. The number of nitriles is 1. The van der Waals surface area contributed by atoms with Crippen molar-refractivity contribution in [3.05, 3.63) is 92.0 Å². The molecule has 0 atom stereocenters. The van der Waals surface area contributed by atoms with E-state index in [0.29, 0.717) is 16.8 Å². The molecule has 2 amide bonds. The molecule has 0 aliphatic heterocycles. The molecule has 0 bridgehead atoms. The number of anilines is 1. The van der Waals surface area contributed by atoms with Crippen molar-refractivity contribution in [3.8, 4) is 23.3 Å². The average molecular weight is 518 g/mol. The zero-order valence-electron chi connectivity index (χ0n) is 19.6. The SMILES string of the molecule is CCOc1cc(/C=N/NC(=O)C(=O)Nc2ccc(C#N)cc2)ccc1Oc1ccc([N+](=O)[O-])cc1[N+](=O)[O-]. The topological polar surface area (TPSA) is 199 Å². The Morgan fingerprint density at radius 1 is 0.974 bits per heavy atom. The summed E-state index contributed by atoms with van der Waals surface area (Å²) in [6.07, 6.45) is 1.23. The van der Waals surface area contributed by atoms with Crippen LogP contribution in [0.1, 0.15) is 18.1 Å². The van der Waals surface area contributed by atoms with Crippen molar-refractivity contribution < 1.29 is 28.9 Å². The van der Waals surface area contributed by atoms with Crippen LogP contribution < -0.4 is 20.2 Å². The van der Waals surface area contributed by atoms with Crippen molar-refractivity contribution in [1.82, 2.24) is 5.43 Å². The van der Waals surface area contributed by atoms with E-state index in [1.807, 2.05) is 6.07 Å². The molecule has 14 heteroatoms. The Morgan fingerprint density at radius 3 is 2.32 bits per heavy atom. The first kappa shape index (κ1) is 26.8. The second-order valence-corrected chi connectivity index (χ2v) is 7.25. The lowest BCUT2D eigenvalue weighted by atomic mass is 10.2. The predicted octanol–water partition coefficient (Wildman–Crippen LogP) is 3.65. The van der Waals surface area contributed by atoms with Gasteiger partial charge < -0.3 is 14.8 Å². The first-order valence-electron chi connectivity index (χ1n) is 10.7. The Hall–Kier alpha value is -5.84. The number of carbonyl (C=O) groups is 2. The van der Waals surface area contributed by atoms with E-state index in [1.54, 1.807) is 6.92 Å². The molecule has 0 aliphatic rings. The summed E-state index contributed by atoms with van der Waals surface area (Å²) in [5, 5.41) is 37.2. The highest BCUT2D eigenvalue weighted by atomic mass is 16.6. The molecular weight excluding hydrogens is 500 g/mol. The molecule has 3 rings (SSSR count). The Balaban J connectivity index is 1.71. The number of nitrogens with zero attached hydrogens (tertiary/aromatic N) is 4. The number of nitrogens with one attached hydrogen (secondary N) is 2. The number of nitro groups is 2. The number of rotatable bonds is 9. The smallest absolute Gasteiger partial charge is 0.329 e. The van der Waals surface area contributed by atoms with E-state index in [0.717, 1.165) is 18.2 Å². The zero-order valence-corrected chi connectivity index (χ0v) is 19.6. The number of non-ortho nitro benzene ring substituents is 1. The van der Waals surface area contributed by atoms with Gasteiger partial charge in [-0.2, -0.15) is 10.4 Å². The number of hydrogen-bond donors (Lipinski definition) is 2. The zero-order chi connectivity index (χ0) is 27.7. The summed E-state index contributed by atoms with van der Waals surface area (Å²) in [6, 6.07) is 15.2. The summed E-state index contributed by atoms with van der Waals surface area (Å²) in [7, 11) is 0. The molecule has 2 N–H and O–H groups in total. The van der Waals surface area contributed by atoms with Crippen molar-refractivity contribution in [1.29, 1.82) is 5.26 Å². The van der Waals surface area contributed by atoms with Crippen LogP contribution in [0.25, 0.3) is 0 Å². The fourth-order valence-corrected chi connectivity index (χ4v) is 2.96. The lowest BCUT2D eigenvalue weighted by Crippen LogP contribution is -2.32. The van der Waals surface area contributed by atoms with Gasteiger partial charge in [0.1, 0.15) is 0 Å². The third kappa shape index (κ3) is 6.86. The molecule has 0 aliphatic carbocycles. The van der Waals surface area contributed by atoms with Gasteiger partial charge >= 0.3 is 17.5 Å². The molecule has 14 nitrogen and oxygen atoms in total. The van der Waals surface area contributed by atoms with Crippen molar-refractivity contribution >= 4 is 35.1 Å². The van der Waals surface area contributed by atoms with E-state index >= 15 is 0 Å². The molecule has 3 aromatic carbocycles. The minimum Gasteiger partial charge on any atom is -0.490 e. The van der Waals surface area contributed by atoms with Gasteiger partial charge in [0.15, 0.2) is 11.5 Å². The maximum atomic E-state index is 12.0. The average Bonchev–Trinajstić information content (AvgIpc) is 2.90. The second kappa shape index (κ2) is 12.2. The molecule has 0 fully saturated rings. The Morgan fingerprint density at radius 2 is 1.68 bits per heavy atom. The normalized spacial score (nSPS) is 10.3. The molecular formula is C24H18N6O8. The maximum absolute atomic E-state index is 12.0. The number of ether oxygens (including phenoxy) is 2. The summed E-state index contributed by atoms with van der Waals surface area (Å²) >= 11 is 0. The van der Waals surface area contributed by atoms with Crippen LogP contribution in [0.3, 0.4) is 0 Å². The van der Waals surface area contributed by atoms with E-state index in [-0.39, 0.29) is 23.9 Å². The molecule has 0 saturated carbocycles. The maximum Gasteiger partial charge on any atom is 0.329 e. The Labute approximate surface area is 214 Å². The van der Waals surface area contributed by atoms with Crippen LogP contribution in [0, 0.1) is 31.6 Å². The van der Waals surface area contributed by atoms with Gasteiger partial charge in [0.25, 0.3) is 5.69 Å². The van der Waals surface area contributed by atoms with Crippen LogP contribution in [0.15, 0.2) is 65.8 Å². The molecule has 0 heterocycles. The summed E-state index contributed by atoms with van der Waals surface area (Å²) in [5.41, 5.74) is 2.15. The largest absolute Gasteiger partial charge is 0.490 e. The molecule has 3 aromatic rings. The van der Waals surface area contributed by atoms with E-state index in [9.17, 15) is 29.8 Å². The summed E-state index contributed by atoms with van der Waals surface area (Å²) in [6.45, 7) is 1.91. The molecule has 0 aromatic heterocycles. The molecule has 192 valence electrons. The van der Waals surface area contributed by atoms with Crippen LogP contribution in [0.5, 0.6) is 17.2 Å². The first-order chi connectivity index (χ1) is 18.2. The standard InChI is InChI=1S/C24H18N6O8/c1-2-37-22-11-16(14-26-28-24(32)23(31)27-17-6-3-15(13-25)4-7-17)5-9-21(22)38-20-10-8-18(29(33)34)12-19(20)30(35)36/h3-12,14H,2H2,1H3,(H,27,31)(H,28,32)/b26-14+. The molecule has 0 saturated heterocycles. The minimum atomic E-state index is -1.04. The van der Waals surface area contributed by atoms with Gasteiger partial charge in [-0.15, -0.1) is 0 Å². The summed E-state index contributed by atoms with van der Waals surface area (Å²) < 4.78 is 11.1. The number of nitro benzene ring substituents is 2. The monoisotopic (exact) mass is 518 g/mol. The fourth-order valence-electron chi connectivity index (χ4n) is 2.96. The summed E-state index contributed by atoms with van der Waals surface area (Å²) in [5.74, 6) is -1.99. The quantitative estimate of drug-likeness (QED) is 0.184. The number of hydrazone groups is 1. The van der Waals surface area contributed by atoms with Gasteiger partial charge in [0.05, 0.1) is 40.4 Å². The highest BCUT2D eigenvalue weighted by molar-refractivity contribution is 6.39. The highest BCUT2D eigenvalue weighted by Crippen LogP contribution is 2.38.